The molecule has 1 aliphatic heterocycles. The number of aryl methyl sites for hydroxylation is 2. The highest BCUT2D eigenvalue weighted by atomic mass is 32.2. The Labute approximate surface area is 109 Å². The van der Waals surface area contributed by atoms with Crippen LogP contribution in [-0.4, -0.2) is 33.3 Å². The van der Waals surface area contributed by atoms with Gasteiger partial charge in [0.25, 0.3) is 0 Å². The first-order valence-corrected chi connectivity index (χ1v) is 7.63. The molecule has 100 valence electrons. The van der Waals surface area contributed by atoms with E-state index in [0.717, 1.165) is 16.8 Å². The predicted molar refractivity (Wildman–Crippen MR) is 73.8 cm³/mol. The average molecular weight is 268 g/mol. The highest BCUT2D eigenvalue weighted by Gasteiger charge is 2.41. The monoisotopic (exact) mass is 268 g/mol. The molecular formula is C13H20N2O2S. The molecule has 2 atom stereocenters. The van der Waals surface area contributed by atoms with Crippen LogP contribution in [0.4, 0.5) is 5.69 Å². The zero-order chi connectivity index (χ0) is 13.7. The smallest absolute Gasteiger partial charge is 0.186 e. The van der Waals surface area contributed by atoms with Crippen molar-refractivity contribution < 1.29 is 8.42 Å². The molecule has 0 saturated carbocycles. The molecule has 2 rings (SSSR count). The Kier molecular flexibility index (Phi) is 3.15. The molecule has 0 fully saturated rings. The fraction of sp³-hybridized carbons (Fsp3) is 0.538. The Morgan fingerprint density at radius 3 is 2.50 bits per heavy atom. The summed E-state index contributed by atoms with van der Waals surface area (Å²) in [6.45, 7) is 5.89. The average Bonchev–Trinajstić information content (AvgIpc) is 2.25. The number of hydrogen-bond donors (Lipinski definition) is 1. The molecule has 5 heteroatoms. The molecule has 0 radical (unpaired) electrons. The van der Waals surface area contributed by atoms with Gasteiger partial charge in [-0.1, -0.05) is 6.07 Å². The molecule has 0 amide bonds. The minimum Gasteiger partial charge on any atom is -0.369 e. The predicted octanol–water partition coefficient (Wildman–Crippen LogP) is 1.24. The molecule has 0 aromatic heterocycles. The van der Waals surface area contributed by atoms with Gasteiger partial charge < -0.3 is 10.6 Å². The summed E-state index contributed by atoms with van der Waals surface area (Å²) in [6, 6.07) is 3.74. The lowest BCUT2D eigenvalue weighted by Gasteiger charge is -2.39. The molecule has 2 unspecified atom stereocenters. The van der Waals surface area contributed by atoms with Crippen molar-refractivity contribution in [3.63, 3.8) is 0 Å². The Hall–Kier alpha value is -1.07. The van der Waals surface area contributed by atoms with E-state index in [0.29, 0.717) is 4.90 Å². The van der Waals surface area contributed by atoms with Crippen molar-refractivity contribution in [2.24, 2.45) is 5.73 Å². The van der Waals surface area contributed by atoms with Gasteiger partial charge in [0.15, 0.2) is 9.84 Å². The molecule has 1 aromatic rings. The molecule has 18 heavy (non-hydrogen) atoms. The summed E-state index contributed by atoms with van der Waals surface area (Å²) in [7, 11) is -1.40. The molecule has 4 nitrogen and oxygen atoms in total. The van der Waals surface area contributed by atoms with E-state index in [4.69, 9.17) is 5.73 Å². The van der Waals surface area contributed by atoms with Crippen LogP contribution in [0.15, 0.2) is 17.0 Å². The van der Waals surface area contributed by atoms with Gasteiger partial charge in [0.1, 0.15) is 0 Å². The molecule has 1 aromatic carbocycles. The van der Waals surface area contributed by atoms with Crippen LogP contribution in [0, 0.1) is 13.8 Å². The number of nitrogens with two attached hydrogens (primary N) is 1. The first-order chi connectivity index (χ1) is 8.30. The van der Waals surface area contributed by atoms with Crippen LogP contribution < -0.4 is 10.6 Å². The van der Waals surface area contributed by atoms with E-state index in [9.17, 15) is 8.42 Å². The van der Waals surface area contributed by atoms with E-state index >= 15 is 0 Å². The van der Waals surface area contributed by atoms with Crippen molar-refractivity contribution >= 4 is 15.5 Å². The minimum absolute atomic E-state index is 0.103. The fourth-order valence-electron chi connectivity index (χ4n) is 2.77. The highest BCUT2D eigenvalue weighted by Crippen LogP contribution is 2.38. The maximum atomic E-state index is 12.6. The van der Waals surface area contributed by atoms with Gasteiger partial charge in [-0.05, 0) is 38.0 Å². The fourth-order valence-corrected chi connectivity index (χ4v) is 5.03. The van der Waals surface area contributed by atoms with Gasteiger partial charge in [-0.15, -0.1) is 0 Å². The molecule has 1 aliphatic rings. The van der Waals surface area contributed by atoms with Crippen molar-refractivity contribution in [3.05, 3.63) is 23.3 Å². The standard InChI is InChI=1S/C13H20N2O2S/c1-8-5-9(2)13-11(6-8)15(4)10(3)12(7-14)18(13,16)17/h5-6,10,12H,7,14H2,1-4H3. The number of benzene rings is 1. The summed E-state index contributed by atoms with van der Waals surface area (Å²) in [5.41, 5.74) is 8.34. The summed E-state index contributed by atoms with van der Waals surface area (Å²) < 4.78 is 25.2. The number of fused-ring (bicyclic) bond motifs is 1. The summed E-state index contributed by atoms with van der Waals surface area (Å²) >= 11 is 0. The topological polar surface area (TPSA) is 63.4 Å². The van der Waals surface area contributed by atoms with Crippen molar-refractivity contribution in [2.75, 3.05) is 18.5 Å². The third-order valence-corrected chi connectivity index (χ3v) is 6.33. The number of anilines is 1. The lowest BCUT2D eigenvalue weighted by Crippen LogP contribution is -2.51. The van der Waals surface area contributed by atoms with E-state index in [1.54, 1.807) is 0 Å². The molecule has 0 bridgehead atoms. The third-order valence-electron chi connectivity index (χ3n) is 3.84. The van der Waals surface area contributed by atoms with Gasteiger partial charge in [-0.2, -0.15) is 0 Å². The largest absolute Gasteiger partial charge is 0.369 e. The van der Waals surface area contributed by atoms with Crippen molar-refractivity contribution in [1.29, 1.82) is 0 Å². The number of nitrogens with zero attached hydrogens (tertiary/aromatic N) is 1. The first-order valence-electron chi connectivity index (χ1n) is 6.08. The Morgan fingerprint density at radius 1 is 1.33 bits per heavy atom. The minimum atomic E-state index is -3.33. The second-order valence-corrected chi connectivity index (χ2v) is 7.20. The van der Waals surface area contributed by atoms with Crippen LogP contribution in [0.25, 0.3) is 0 Å². The normalized spacial score (nSPS) is 25.9. The first kappa shape index (κ1) is 13.4. The van der Waals surface area contributed by atoms with Crippen LogP contribution in [-0.2, 0) is 9.84 Å². The van der Waals surface area contributed by atoms with E-state index in [1.165, 1.54) is 0 Å². The van der Waals surface area contributed by atoms with Gasteiger partial charge in [0, 0.05) is 19.6 Å². The van der Waals surface area contributed by atoms with Gasteiger partial charge in [-0.3, -0.25) is 0 Å². The number of rotatable bonds is 1. The van der Waals surface area contributed by atoms with Gasteiger partial charge in [0.2, 0.25) is 0 Å². The summed E-state index contributed by atoms with van der Waals surface area (Å²) in [4.78, 5) is 2.47. The Bertz CT molecular complexity index is 581. The van der Waals surface area contributed by atoms with Gasteiger partial charge in [-0.25, -0.2) is 8.42 Å². The highest BCUT2D eigenvalue weighted by molar-refractivity contribution is 7.92. The van der Waals surface area contributed by atoms with E-state index in [-0.39, 0.29) is 12.6 Å². The zero-order valence-corrected chi connectivity index (χ0v) is 12.1. The van der Waals surface area contributed by atoms with Crippen molar-refractivity contribution in [1.82, 2.24) is 0 Å². The van der Waals surface area contributed by atoms with Crippen LogP contribution in [0.2, 0.25) is 0 Å². The number of sulfone groups is 1. The summed E-state index contributed by atoms with van der Waals surface area (Å²) in [5.74, 6) is 0. The maximum Gasteiger partial charge on any atom is 0.186 e. The molecule has 1 heterocycles. The van der Waals surface area contributed by atoms with Gasteiger partial charge >= 0.3 is 0 Å². The molecular weight excluding hydrogens is 248 g/mol. The van der Waals surface area contributed by atoms with E-state index < -0.39 is 15.1 Å². The molecule has 2 N–H and O–H groups in total. The van der Waals surface area contributed by atoms with Crippen LogP contribution in [0.1, 0.15) is 18.1 Å². The third kappa shape index (κ3) is 1.73. The lowest BCUT2D eigenvalue weighted by molar-refractivity contribution is 0.538. The van der Waals surface area contributed by atoms with Crippen LogP contribution in [0.5, 0.6) is 0 Å². The molecule has 0 aliphatic carbocycles. The quantitative estimate of drug-likeness (QED) is 0.832. The second kappa shape index (κ2) is 4.24. The summed E-state index contributed by atoms with van der Waals surface area (Å²) in [5, 5.41) is -0.531. The van der Waals surface area contributed by atoms with Crippen LogP contribution in [0.3, 0.4) is 0 Å². The maximum absolute atomic E-state index is 12.6. The Balaban J connectivity index is 2.79. The van der Waals surface area contributed by atoms with Gasteiger partial charge in [0.05, 0.1) is 15.8 Å². The molecule has 0 spiro atoms. The van der Waals surface area contributed by atoms with E-state index in [2.05, 4.69) is 0 Å². The van der Waals surface area contributed by atoms with Crippen molar-refractivity contribution in [2.45, 2.75) is 37.0 Å². The van der Waals surface area contributed by atoms with Crippen LogP contribution >= 0.6 is 0 Å². The zero-order valence-electron chi connectivity index (χ0n) is 11.3. The summed E-state index contributed by atoms with van der Waals surface area (Å²) in [6.07, 6.45) is 0. The van der Waals surface area contributed by atoms with Crippen molar-refractivity contribution in [3.8, 4) is 0 Å². The molecule has 0 saturated heterocycles. The number of hydrogen-bond acceptors (Lipinski definition) is 4. The second-order valence-electron chi connectivity index (χ2n) is 5.10. The lowest BCUT2D eigenvalue weighted by atomic mass is 10.1. The Morgan fingerprint density at radius 2 is 1.94 bits per heavy atom. The SMILES string of the molecule is Cc1cc(C)c2c(c1)N(C)C(C)C(CN)S2(=O)=O. The van der Waals surface area contributed by atoms with E-state index in [1.807, 2.05) is 44.9 Å².